The van der Waals surface area contributed by atoms with Gasteiger partial charge in [0.2, 0.25) is 0 Å². The molecule has 0 heterocycles. The van der Waals surface area contributed by atoms with Gasteiger partial charge in [-0.1, -0.05) is 13.8 Å². The van der Waals surface area contributed by atoms with Crippen LogP contribution >= 0.6 is 0 Å². The molecule has 6 heteroatoms. The fraction of sp³-hybridized carbons (Fsp3) is 0.857. The van der Waals surface area contributed by atoms with Gasteiger partial charge in [-0.3, -0.25) is 4.79 Å². The van der Waals surface area contributed by atoms with E-state index in [9.17, 15) is 9.59 Å². The van der Waals surface area contributed by atoms with Gasteiger partial charge in [0.15, 0.2) is 0 Å². The lowest BCUT2D eigenvalue weighted by molar-refractivity contribution is -0.137. The molecule has 1 saturated carbocycles. The lowest BCUT2D eigenvalue weighted by atomic mass is 9.90. The van der Waals surface area contributed by atoms with Gasteiger partial charge >= 0.3 is 12.0 Å². The number of amides is 2. The van der Waals surface area contributed by atoms with Crippen LogP contribution in [0.25, 0.3) is 0 Å². The number of ether oxygens (including phenoxy) is 1. The summed E-state index contributed by atoms with van der Waals surface area (Å²) in [4.78, 5) is 24.3. The minimum atomic E-state index is -0.973. The first-order chi connectivity index (χ1) is 9.34. The lowest BCUT2D eigenvalue weighted by Gasteiger charge is -2.27. The molecule has 0 aromatic heterocycles. The van der Waals surface area contributed by atoms with E-state index in [2.05, 4.69) is 19.2 Å². The van der Waals surface area contributed by atoms with Crippen molar-refractivity contribution in [2.24, 2.45) is 11.3 Å². The van der Waals surface area contributed by atoms with Crippen molar-refractivity contribution < 1.29 is 19.4 Å². The van der Waals surface area contributed by atoms with Gasteiger partial charge in [0.1, 0.15) is 6.54 Å². The Morgan fingerprint density at radius 2 is 2.05 bits per heavy atom. The number of aliphatic carboxylic acids is 1. The average Bonchev–Trinajstić information content (AvgIpc) is 3.16. The van der Waals surface area contributed by atoms with Crippen LogP contribution in [0.3, 0.4) is 0 Å². The Morgan fingerprint density at radius 3 is 2.55 bits per heavy atom. The second-order valence-corrected chi connectivity index (χ2v) is 6.28. The van der Waals surface area contributed by atoms with E-state index in [1.807, 2.05) is 0 Å². The predicted octanol–water partition coefficient (Wildman–Crippen LogP) is 1.56. The highest BCUT2D eigenvalue weighted by Gasteiger charge is 2.28. The van der Waals surface area contributed by atoms with Crippen molar-refractivity contribution in [2.45, 2.75) is 33.1 Å². The number of carbonyl (C=O) groups is 2. The molecule has 0 aliphatic heterocycles. The second kappa shape index (κ2) is 7.47. The van der Waals surface area contributed by atoms with Crippen LogP contribution in [0.2, 0.25) is 0 Å². The van der Waals surface area contributed by atoms with Crippen molar-refractivity contribution in [1.29, 1.82) is 0 Å². The third-order valence-corrected chi connectivity index (χ3v) is 3.49. The summed E-state index contributed by atoms with van der Waals surface area (Å²) >= 11 is 0. The molecule has 0 saturated heterocycles. The molecule has 1 aliphatic carbocycles. The van der Waals surface area contributed by atoms with Crippen LogP contribution in [0.15, 0.2) is 0 Å². The van der Waals surface area contributed by atoms with Gasteiger partial charge in [0, 0.05) is 26.8 Å². The third kappa shape index (κ3) is 6.75. The molecule has 0 unspecified atom stereocenters. The number of urea groups is 1. The highest BCUT2D eigenvalue weighted by atomic mass is 16.5. The van der Waals surface area contributed by atoms with Gasteiger partial charge in [0.05, 0.1) is 0 Å². The summed E-state index contributed by atoms with van der Waals surface area (Å²) < 4.78 is 5.04. The summed E-state index contributed by atoms with van der Waals surface area (Å²) in [5, 5.41) is 11.7. The van der Waals surface area contributed by atoms with Crippen LogP contribution in [-0.4, -0.2) is 55.4 Å². The SMILES string of the molecule is COCCC(C)(C)CNC(=O)N(CC(=O)O)CC1CC1. The first kappa shape index (κ1) is 16.8. The first-order valence-electron chi connectivity index (χ1n) is 7.07. The number of carboxylic acid groups (broad SMARTS) is 1. The molecule has 2 N–H and O–H groups in total. The van der Waals surface area contributed by atoms with Crippen molar-refractivity contribution in [1.82, 2.24) is 10.2 Å². The van der Waals surface area contributed by atoms with E-state index in [0.717, 1.165) is 19.3 Å². The van der Waals surface area contributed by atoms with Crippen molar-refractivity contribution >= 4 is 12.0 Å². The largest absolute Gasteiger partial charge is 0.480 e. The van der Waals surface area contributed by atoms with Crippen LogP contribution in [0.5, 0.6) is 0 Å². The minimum Gasteiger partial charge on any atom is -0.480 e. The Balaban J connectivity index is 2.41. The minimum absolute atomic E-state index is 0.0693. The smallest absolute Gasteiger partial charge is 0.323 e. The van der Waals surface area contributed by atoms with Gasteiger partial charge in [-0.05, 0) is 30.6 Å². The molecule has 2 amide bonds. The van der Waals surface area contributed by atoms with Crippen LogP contribution in [0, 0.1) is 11.3 Å². The molecular formula is C14H26N2O4. The molecule has 1 aliphatic rings. The van der Waals surface area contributed by atoms with E-state index in [4.69, 9.17) is 9.84 Å². The summed E-state index contributed by atoms with van der Waals surface area (Å²) in [7, 11) is 1.65. The lowest BCUT2D eigenvalue weighted by Crippen LogP contribution is -2.46. The number of carboxylic acids is 1. The third-order valence-electron chi connectivity index (χ3n) is 3.49. The number of rotatable bonds is 9. The Morgan fingerprint density at radius 1 is 1.40 bits per heavy atom. The highest BCUT2D eigenvalue weighted by Crippen LogP contribution is 2.29. The van der Waals surface area contributed by atoms with Gasteiger partial charge in [-0.2, -0.15) is 0 Å². The quantitative estimate of drug-likeness (QED) is 0.674. The number of carbonyl (C=O) groups excluding carboxylic acids is 1. The van der Waals surface area contributed by atoms with E-state index >= 15 is 0 Å². The maximum Gasteiger partial charge on any atom is 0.323 e. The fourth-order valence-electron chi connectivity index (χ4n) is 1.89. The molecule has 1 fully saturated rings. The normalized spacial score (nSPS) is 14.9. The molecular weight excluding hydrogens is 260 g/mol. The molecule has 0 radical (unpaired) electrons. The average molecular weight is 286 g/mol. The number of hydrogen-bond acceptors (Lipinski definition) is 3. The van der Waals surface area contributed by atoms with Gasteiger partial charge in [0.25, 0.3) is 0 Å². The highest BCUT2D eigenvalue weighted by molar-refractivity contribution is 5.80. The zero-order valence-electron chi connectivity index (χ0n) is 12.6. The molecule has 1 rings (SSSR count). The van der Waals surface area contributed by atoms with Crippen LogP contribution in [0.4, 0.5) is 4.79 Å². The van der Waals surface area contributed by atoms with Crippen LogP contribution < -0.4 is 5.32 Å². The Bertz CT molecular complexity index is 340. The van der Waals surface area contributed by atoms with E-state index < -0.39 is 5.97 Å². The molecule has 6 nitrogen and oxygen atoms in total. The van der Waals surface area contributed by atoms with Crippen LogP contribution in [-0.2, 0) is 9.53 Å². The number of nitrogens with zero attached hydrogens (tertiary/aromatic N) is 1. The summed E-state index contributed by atoms with van der Waals surface area (Å²) in [6, 6.07) is -0.287. The van der Waals surface area contributed by atoms with Gasteiger partial charge < -0.3 is 20.1 Å². The van der Waals surface area contributed by atoms with Crippen molar-refractivity contribution in [3.05, 3.63) is 0 Å². The van der Waals surface area contributed by atoms with E-state index in [1.54, 1.807) is 7.11 Å². The topological polar surface area (TPSA) is 78.9 Å². The Hall–Kier alpha value is -1.30. The summed E-state index contributed by atoms with van der Waals surface area (Å²) in [6.45, 7) is 5.56. The van der Waals surface area contributed by atoms with E-state index in [-0.39, 0.29) is 18.0 Å². The molecule has 20 heavy (non-hydrogen) atoms. The number of methoxy groups -OCH3 is 1. The maximum absolute atomic E-state index is 12.1. The summed E-state index contributed by atoms with van der Waals surface area (Å²) in [5.74, 6) is -0.499. The monoisotopic (exact) mass is 286 g/mol. The van der Waals surface area contributed by atoms with E-state index in [1.165, 1.54) is 4.90 Å². The molecule has 0 aromatic carbocycles. The molecule has 0 aromatic rings. The second-order valence-electron chi connectivity index (χ2n) is 6.28. The summed E-state index contributed by atoms with van der Waals surface area (Å²) in [5.41, 5.74) is -0.0693. The van der Waals surface area contributed by atoms with Crippen molar-refractivity contribution in [2.75, 3.05) is 33.4 Å². The van der Waals surface area contributed by atoms with Gasteiger partial charge in [-0.15, -0.1) is 0 Å². The van der Waals surface area contributed by atoms with Crippen molar-refractivity contribution in [3.63, 3.8) is 0 Å². The first-order valence-corrected chi connectivity index (χ1v) is 7.07. The predicted molar refractivity (Wildman–Crippen MR) is 75.6 cm³/mol. The molecule has 0 bridgehead atoms. The number of hydrogen-bond donors (Lipinski definition) is 2. The molecule has 116 valence electrons. The standard InChI is InChI=1S/C14H26N2O4/c1-14(2,6-7-20-3)10-15-13(19)16(9-12(17)18)8-11-4-5-11/h11H,4-10H2,1-3H3,(H,15,19)(H,17,18). The maximum atomic E-state index is 12.1. The summed E-state index contributed by atoms with van der Waals surface area (Å²) in [6.07, 6.45) is 3.01. The molecule has 0 atom stereocenters. The van der Waals surface area contributed by atoms with Crippen LogP contribution in [0.1, 0.15) is 33.1 Å². The van der Waals surface area contributed by atoms with Gasteiger partial charge in [-0.25, -0.2) is 4.79 Å². The Labute approximate surface area is 120 Å². The fourth-order valence-corrected chi connectivity index (χ4v) is 1.89. The Kier molecular flexibility index (Phi) is 6.26. The zero-order valence-corrected chi connectivity index (χ0v) is 12.6. The zero-order chi connectivity index (χ0) is 15.2. The van der Waals surface area contributed by atoms with E-state index in [0.29, 0.717) is 25.6 Å². The number of nitrogens with one attached hydrogen (secondary N) is 1. The molecule has 0 spiro atoms. The van der Waals surface area contributed by atoms with Crippen molar-refractivity contribution in [3.8, 4) is 0 Å².